The van der Waals surface area contributed by atoms with E-state index < -0.39 is 0 Å². The Morgan fingerprint density at radius 2 is 1.92 bits per heavy atom. The Morgan fingerprint density at radius 1 is 1.12 bits per heavy atom. The van der Waals surface area contributed by atoms with Gasteiger partial charge < -0.3 is 10.1 Å². The number of aryl methyl sites for hydroxylation is 2. The van der Waals surface area contributed by atoms with Crippen LogP contribution in [0.3, 0.4) is 0 Å². The summed E-state index contributed by atoms with van der Waals surface area (Å²) in [5, 5.41) is 10.9. The summed E-state index contributed by atoms with van der Waals surface area (Å²) in [5.41, 5.74) is 4.30. The number of benzene rings is 2. The van der Waals surface area contributed by atoms with E-state index in [1.54, 1.807) is 18.1 Å². The van der Waals surface area contributed by atoms with Crippen LogP contribution < -0.4 is 15.4 Å². The van der Waals surface area contributed by atoms with E-state index in [1.807, 2.05) is 31.2 Å². The molecule has 0 aliphatic rings. The zero-order valence-corrected chi connectivity index (χ0v) is 15.8. The maximum atomic E-state index is 5.36. The zero-order chi connectivity index (χ0) is 18.5. The lowest BCUT2D eigenvalue weighted by Crippen LogP contribution is -2.20. The Balaban J connectivity index is 1.64. The van der Waals surface area contributed by atoms with Crippen LogP contribution in [-0.4, -0.2) is 27.0 Å². The van der Waals surface area contributed by atoms with Crippen LogP contribution in [0.4, 0.5) is 11.6 Å². The number of hydrogen-bond acceptors (Lipinski definition) is 4. The van der Waals surface area contributed by atoms with Crippen molar-refractivity contribution in [1.29, 1.82) is 0 Å². The lowest BCUT2D eigenvalue weighted by Gasteiger charge is -2.12. The molecular formula is C19H21N5OS. The fourth-order valence-electron chi connectivity index (χ4n) is 2.60. The minimum Gasteiger partial charge on any atom is -0.495 e. The predicted octanol–water partition coefficient (Wildman–Crippen LogP) is 3.76. The van der Waals surface area contributed by atoms with Crippen LogP contribution in [-0.2, 0) is 6.54 Å². The number of thiocarbonyl (C=S) groups is 1. The van der Waals surface area contributed by atoms with Gasteiger partial charge in [0.15, 0.2) is 5.11 Å². The van der Waals surface area contributed by atoms with Gasteiger partial charge in [0.25, 0.3) is 0 Å². The van der Waals surface area contributed by atoms with E-state index in [1.165, 1.54) is 11.1 Å². The molecule has 0 radical (unpaired) electrons. The molecule has 0 amide bonds. The van der Waals surface area contributed by atoms with Gasteiger partial charge in [0.2, 0.25) is 5.95 Å². The molecular weight excluding hydrogens is 346 g/mol. The molecule has 2 aromatic carbocycles. The van der Waals surface area contributed by atoms with Crippen LogP contribution in [0.25, 0.3) is 0 Å². The molecule has 7 heteroatoms. The number of methoxy groups -OCH3 is 1. The molecule has 134 valence electrons. The molecule has 0 saturated carbocycles. The minimum absolute atomic E-state index is 0.405. The van der Waals surface area contributed by atoms with Crippen molar-refractivity contribution >= 4 is 29.0 Å². The monoisotopic (exact) mass is 367 g/mol. The number of nitrogens with one attached hydrogen (secondary N) is 2. The summed E-state index contributed by atoms with van der Waals surface area (Å²) in [6, 6.07) is 14.2. The topological polar surface area (TPSA) is 64.0 Å². The minimum atomic E-state index is 0.405. The lowest BCUT2D eigenvalue weighted by atomic mass is 10.1. The third kappa shape index (κ3) is 4.58. The summed E-state index contributed by atoms with van der Waals surface area (Å²) >= 11 is 5.36. The van der Waals surface area contributed by atoms with Gasteiger partial charge in [-0.1, -0.05) is 35.9 Å². The second-order valence-corrected chi connectivity index (χ2v) is 6.45. The smallest absolute Gasteiger partial charge is 0.248 e. The highest BCUT2D eigenvalue weighted by molar-refractivity contribution is 7.80. The molecule has 0 bridgehead atoms. The third-order valence-electron chi connectivity index (χ3n) is 3.79. The van der Waals surface area contributed by atoms with E-state index in [2.05, 4.69) is 45.8 Å². The number of aromatic nitrogens is 3. The van der Waals surface area contributed by atoms with Crippen molar-refractivity contribution in [1.82, 2.24) is 14.8 Å². The molecule has 0 fully saturated rings. The molecule has 26 heavy (non-hydrogen) atoms. The second kappa shape index (κ2) is 7.97. The first-order chi connectivity index (χ1) is 12.5. The number of nitrogens with zero attached hydrogens (tertiary/aromatic N) is 3. The largest absolute Gasteiger partial charge is 0.495 e. The van der Waals surface area contributed by atoms with Gasteiger partial charge in [-0.3, -0.25) is 5.32 Å². The first-order valence-corrected chi connectivity index (χ1v) is 8.62. The van der Waals surface area contributed by atoms with E-state index in [-0.39, 0.29) is 0 Å². The normalized spacial score (nSPS) is 10.4. The molecule has 1 heterocycles. The van der Waals surface area contributed by atoms with Crippen molar-refractivity contribution in [3.8, 4) is 5.75 Å². The Labute approximate surface area is 158 Å². The standard InChI is InChI=1S/C19H21N5OS/c1-13-5-4-6-15(9-13)11-24-12-20-18(23-24)22-19(26)21-16-10-14(2)7-8-17(16)25-3/h4-10,12H,11H2,1-3H3,(H2,21,22,23,26). The van der Waals surface area contributed by atoms with Crippen molar-refractivity contribution in [3.05, 3.63) is 65.5 Å². The van der Waals surface area contributed by atoms with Crippen LogP contribution in [0.2, 0.25) is 0 Å². The van der Waals surface area contributed by atoms with E-state index >= 15 is 0 Å². The van der Waals surface area contributed by atoms with Crippen LogP contribution >= 0.6 is 12.2 Å². The zero-order valence-electron chi connectivity index (χ0n) is 15.0. The SMILES string of the molecule is COc1ccc(C)cc1NC(=S)Nc1ncn(Cc2cccc(C)c2)n1. The number of rotatable bonds is 5. The summed E-state index contributed by atoms with van der Waals surface area (Å²) < 4.78 is 7.12. The first-order valence-electron chi connectivity index (χ1n) is 8.21. The molecule has 0 aliphatic carbocycles. The fourth-order valence-corrected chi connectivity index (χ4v) is 2.80. The van der Waals surface area contributed by atoms with E-state index in [9.17, 15) is 0 Å². The summed E-state index contributed by atoms with van der Waals surface area (Å²) in [5.74, 6) is 1.17. The maximum absolute atomic E-state index is 5.36. The quantitative estimate of drug-likeness (QED) is 0.670. The predicted molar refractivity (Wildman–Crippen MR) is 108 cm³/mol. The van der Waals surface area contributed by atoms with Gasteiger partial charge in [-0.2, -0.15) is 0 Å². The molecule has 0 unspecified atom stereocenters. The van der Waals surface area contributed by atoms with Gasteiger partial charge in [-0.05, 0) is 49.3 Å². The second-order valence-electron chi connectivity index (χ2n) is 6.04. The highest BCUT2D eigenvalue weighted by Crippen LogP contribution is 2.25. The van der Waals surface area contributed by atoms with Crippen LogP contribution in [0.5, 0.6) is 5.75 Å². The van der Waals surface area contributed by atoms with Crippen molar-refractivity contribution in [2.75, 3.05) is 17.7 Å². The van der Waals surface area contributed by atoms with Crippen molar-refractivity contribution in [3.63, 3.8) is 0 Å². The van der Waals surface area contributed by atoms with Crippen LogP contribution in [0, 0.1) is 13.8 Å². The summed E-state index contributed by atoms with van der Waals surface area (Å²) in [6.07, 6.45) is 1.68. The van der Waals surface area contributed by atoms with Gasteiger partial charge in [-0.25, -0.2) is 9.67 Å². The van der Waals surface area contributed by atoms with Crippen molar-refractivity contribution in [2.24, 2.45) is 0 Å². The van der Waals surface area contributed by atoms with Gasteiger partial charge >= 0.3 is 0 Å². The molecule has 2 N–H and O–H groups in total. The van der Waals surface area contributed by atoms with Gasteiger partial charge in [0.05, 0.1) is 19.3 Å². The van der Waals surface area contributed by atoms with Gasteiger partial charge in [0.1, 0.15) is 12.1 Å². The molecule has 1 aromatic heterocycles. The molecule has 6 nitrogen and oxygen atoms in total. The molecule has 0 aliphatic heterocycles. The summed E-state index contributed by atoms with van der Waals surface area (Å²) in [7, 11) is 1.63. The number of hydrogen-bond donors (Lipinski definition) is 2. The Bertz CT molecular complexity index is 922. The third-order valence-corrected chi connectivity index (χ3v) is 4.00. The first kappa shape index (κ1) is 17.9. The van der Waals surface area contributed by atoms with Gasteiger partial charge in [0, 0.05) is 0 Å². The Morgan fingerprint density at radius 3 is 2.69 bits per heavy atom. The molecule has 0 spiro atoms. The molecule has 3 rings (SSSR count). The highest BCUT2D eigenvalue weighted by Gasteiger charge is 2.08. The van der Waals surface area contributed by atoms with Crippen LogP contribution in [0.15, 0.2) is 48.8 Å². The summed E-state index contributed by atoms with van der Waals surface area (Å²) in [6.45, 7) is 4.74. The molecule has 3 aromatic rings. The molecule has 0 atom stereocenters. The van der Waals surface area contributed by atoms with E-state index in [4.69, 9.17) is 17.0 Å². The number of anilines is 2. The lowest BCUT2D eigenvalue weighted by molar-refractivity contribution is 0.417. The number of ether oxygens (including phenoxy) is 1. The van der Waals surface area contributed by atoms with Crippen molar-refractivity contribution in [2.45, 2.75) is 20.4 Å². The Hall–Kier alpha value is -2.93. The van der Waals surface area contributed by atoms with Crippen LogP contribution in [0.1, 0.15) is 16.7 Å². The summed E-state index contributed by atoms with van der Waals surface area (Å²) in [4.78, 5) is 4.26. The van der Waals surface area contributed by atoms with E-state index in [0.717, 1.165) is 17.0 Å². The van der Waals surface area contributed by atoms with Gasteiger partial charge in [-0.15, -0.1) is 5.10 Å². The van der Waals surface area contributed by atoms with Crippen molar-refractivity contribution < 1.29 is 4.74 Å². The van der Waals surface area contributed by atoms with E-state index in [0.29, 0.717) is 17.6 Å². The molecule has 0 saturated heterocycles. The highest BCUT2D eigenvalue weighted by atomic mass is 32.1. The average molecular weight is 367 g/mol. The maximum Gasteiger partial charge on any atom is 0.248 e. The Kier molecular flexibility index (Phi) is 5.48. The fraction of sp³-hybridized carbons (Fsp3) is 0.211. The average Bonchev–Trinajstić information content (AvgIpc) is 3.01.